The summed E-state index contributed by atoms with van der Waals surface area (Å²) in [5, 5.41) is 21.2. The summed E-state index contributed by atoms with van der Waals surface area (Å²) in [7, 11) is 0. The molecule has 0 amide bonds. The Morgan fingerprint density at radius 1 is 1.14 bits per heavy atom. The monoisotopic (exact) mass is 411 g/mol. The summed E-state index contributed by atoms with van der Waals surface area (Å²) in [6.07, 6.45) is 4.79. The van der Waals surface area contributed by atoms with Crippen LogP contribution >= 0.6 is 11.6 Å². The predicted molar refractivity (Wildman–Crippen MR) is 113 cm³/mol. The Hall–Kier alpha value is -2.11. The third-order valence-corrected chi connectivity index (χ3v) is 8.18. The van der Waals surface area contributed by atoms with Crippen molar-refractivity contribution in [1.82, 2.24) is 14.6 Å². The Labute approximate surface area is 175 Å². The van der Waals surface area contributed by atoms with Gasteiger partial charge in [-0.25, -0.2) is 0 Å². The van der Waals surface area contributed by atoms with Crippen LogP contribution in [0.4, 0.5) is 0 Å². The first-order valence-corrected chi connectivity index (χ1v) is 10.6. The van der Waals surface area contributed by atoms with Gasteiger partial charge in [-0.3, -0.25) is 4.40 Å². The molecule has 5 nitrogen and oxygen atoms in total. The van der Waals surface area contributed by atoms with Gasteiger partial charge >= 0.3 is 0 Å². The molecule has 6 heteroatoms. The van der Waals surface area contributed by atoms with E-state index in [-0.39, 0.29) is 5.41 Å². The number of nitrogens with zero attached hydrogens (tertiary/aromatic N) is 3. The van der Waals surface area contributed by atoms with Gasteiger partial charge in [-0.1, -0.05) is 31.5 Å². The van der Waals surface area contributed by atoms with Crippen LogP contribution in [0.1, 0.15) is 51.4 Å². The largest absolute Gasteiger partial charge is 0.453 e. The van der Waals surface area contributed by atoms with Gasteiger partial charge in [-0.2, -0.15) is 0 Å². The van der Waals surface area contributed by atoms with Crippen LogP contribution in [0, 0.1) is 18.3 Å². The molecular formula is C23H26ClN3O2. The van der Waals surface area contributed by atoms with E-state index in [1.54, 1.807) is 0 Å². The second-order valence-corrected chi connectivity index (χ2v) is 9.80. The topological polar surface area (TPSA) is 59.7 Å². The Bertz CT molecular complexity index is 1120. The van der Waals surface area contributed by atoms with Crippen LogP contribution in [0.25, 0.3) is 5.65 Å². The van der Waals surface area contributed by atoms with E-state index in [1.165, 1.54) is 0 Å². The van der Waals surface area contributed by atoms with Crippen molar-refractivity contribution in [2.45, 2.75) is 58.0 Å². The first-order chi connectivity index (χ1) is 13.7. The molecule has 29 heavy (non-hydrogen) atoms. The summed E-state index contributed by atoms with van der Waals surface area (Å²) in [6, 6.07) is 9.44. The van der Waals surface area contributed by atoms with E-state index in [9.17, 15) is 5.11 Å². The lowest BCUT2D eigenvalue weighted by atomic mass is 9.63. The number of halogens is 1. The molecule has 2 bridgehead atoms. The van der Waals surface area contributed by atoms with Crippen molar-refractivity contribution in [3.63, 3.8) is 0 Å². The number of aromatic nitrogens is 3. The van der Waals surface area contributed by atoms with Gasteiger partial charge in [-0.15, -0.1) is 10.2 Å². The highest BCUT2D eigenvalue weighted by Crippen LogP contribution is 2.69. The summed E-state index contributed by atoms with van der Waals surface area (Å²) in [5.74, 6) is 2.63. The van der Waals surface area contributed by atoms with Crippen LogP contribution in [0.5, 0.6) is 11.5 Å². The number of benzene rings is 1. The van der Waals surface area contributed by atoms with Crippen LogP contribution in [0.15, 0.2) is 36.5 Å². The molecule has 0 aliphatic heterocycles. The zero-order chi connectivity index (χ0) is 20.6. The fourth-order valence-electron chi connectivity index (χ4n) is 6.12. The molecule has 3 atom stereocenters. The fourth-order valence-corrected chi connectivity index (χ4v) is 6.28. The van der Waals surface area contributed by atoms with Gasteiger partial charge in [-0.05, 0) is 68.7 Å². The van der Waals surface area contributed by atoms with Gasteiger partial charge in [0.1, 0.15) is 11.6 Å². The van der Waals surface area contributed by atoms with Crippen molar-refractivity contribution in [1.29, 1.82) is 0 Å². The standard InChI is InChI=1S/C23H26ClN3O2/c1-14-16(24)7-5-8-17(14)29-18-9-6-12-27-19(18)25-26-20(27)23-11-10-15(21(23,2)3)13-22(23,4)28/h5-9,12,15,28H,10-11,13H2,1-4H3/t15-,22?,23+/m1/s1. The maximum Gasteiger partial charge on any atom is 0.203 e. The van der Waals surface area contributed by atoms with Crippen LogP contribution in [-0.2, 0) is 5.41 Å². The summed E-state index contributed by atoms with van der Waals surface area (Å²) in [5.41, 5.74) is 0.225. The number of fused-ring (bicyclic) bond motifs is 3. The van der Waals surface area contributed by atoms with Gasteiger partial charge in [0.2, 0.25) is 5.65 Å². The van der Waals surface area contributed by atoms with E-state index in [0.29, 0.717) is 28.1 Å². The highest BCUT2D eigenvalue weighted by atomic mass is 35.5. The van der Waals surface area contributed by atoms with Crippen molar-refractivity contribution in [2.24, 2.45) is 11.3 Å². The van der Waals surface area contributed by atoms with Gasteiger partial charge < -0.3 is 9.84 Å². The number of hydrogen-bond acceptors (Lipinski definition) is 4. The molecular weight excluding hydrogens is 386 g/mol. The third-order valence-electron chi connectivity index (χ3n) is 7.77. The minimum absolute atomic E-state index is 0.0557. The lowest BCUT2D eigenvalue weighted by Crippen LogP contribution is -2.52. The molecule has 1 unspecified atom stereocenters. The number of ether oxygens (including phenoxy) is 1. The fraction of sp³-hybridized carbons (Fsp3) is 0.478. The average Bonchev–Trinajstić information content (AvgIpc) is 3.24. The number of rotatable bonds is 3. The molecule has 1 aromatic carbocycles. The number of pyridine rings is 1. The van der Waals surface area contributed by atoms with Crippen molar-refractivity contribution in [2.75, 3.05) is 0 Å². The van der Waals surface area contributed by atoms with Crippen LogP contribution in [0.3, 0.4) is 0 Å². The summed E-state index contributed by atoms with van der Waals surface area (Å²) in [4.78, 5) is 0. The lowest BCUT2D eigenvalue weighted by molar-refractivity contribution is -0.0395. The SMILES string of the molecule is Cc1c(Cl)cccc1Oc1cccn2c([C@]34CC[C@H](CC3(C)O)C4(C)C)nnc12. The maximum absolute atomic E-state index is 11.4. The quantitative estimate of drug-likeness (QED) is 0.634. The molecule has 0 spiro atoms. The van der Waals surface area contributed by atoms with Gasteiger partial charge in [0.25, 0.3) is 0 Å². The normalized spacial score (nSPS) is 30.2. The number of hydrogen-bond donors (Lipinski definition) is 1. The molecule has 2 aromatic heterocycles. The van der Waals surface area contributed by atoms with E-state index in [0.717, 1.165) is 30.7 Å². The molecule has 0 radical (unpaired) electrons. The Morgan fingerprint density at radius 2 is 1.90 bits per heavy atom. The first-order valence-electron chi connectivity index (χ1n) is 10.2. The van der Waals surface area contributed by atoms with Crippen molar-refractivity contribution in [3.8, 4) is 11.5 Å². The molecule has 3 aromatic rings. The second-order valence-electron chi connectivity index (χ2n) is 9.40. The first kappa shape index (κ1) is 18.9. The van der Waals surface area contributed by atoms with E-state index in [2.05, 4.69) is 24.0 Å². The van der Waals surface area contributed by atoms with E-state index in [1.807, 2.05) is 54.8 Å². The van der Waals surface area contributed by atoms with Gasteiger partial charge in [0, 0.05) is 16.8 Å². The highest BCUT2D eigenvalue weighted by molar-refractivity contribution is 6.31. The Balaban J connectivity index is 1.66. The van der Waals surface area contributed by atoms with E-state index < -0.39 is 11.0 Å². The van der Waals surface area contributed by atoms with Crippen LogP contribution in [0.2, 0.25) is 5.02 Å². The Morgan fingerprint density at radius 3 is 2.59 bits per heavy atom. The van der Waals surface area contributed by atoms with Crippen LogP contribution < -0.4 is 4.74 Å². The molecule has 1 N–H and O–H groups in total. The van der Waals surface area contributed by atoms with E-state index >= 15 is 0 Å². The molecule has 2 heterocycles. The minimum atomic E-state index is -0.817. The van der Waals surface area contributed by atoms with Gasteiger partial charge in [0.15, 0.2) is 5.75 Å². The molecule has 2 aliphatic carbocycles. The average molecular weight is 412 g/mol. The molecule has 5 rings (SSSR count). The second kappa shape index (κ2) is 5.96. The summed E-state index contributed by atoms with van der Waals surface area (Å²) in [6.45, 7) is 8.43. The third kappa shape index (κ3) is 2.32. The zero-order valence-corrected chi connectivity index (χ0v) is 18.0. The van der Waals surface area contributed by atoms with Crippen molar-refractivity contribution < 1.29 is 9.84 Å². The minimum Gasteiger partial charge on any atom is -0.453 e. The summed E-state index contributed by atoms with van der Waals surface area (Å²) < 4.78 is 8.19. The van der Waals surface area contributed by atoms with Gasteiger partial charge in [0.05, 0.1) is 11.0 Å². The van der Waals surface area contributed by atoms with E-state index in [4.69, 9.17) is 16.3 Å². The highest BCUT2D eigenvalue weighted by Gasteiger charge is 2.71. The van der Waals surface area contributed by atoms with Crippen LogP contribution in [-0.4, -0.2) is 25.3 Å². The van der Waals surface area contributed by atoms with Crippen molar-refractivity contribution >= 4 is 17.2 Å². The number of aliphatic hydroxyl groups is 1. The Kier molecular flexibility index (Phi) is 3.88. The molecule has 2 aliphatic rings. The zero-order valence-electron chi connectivity index (χ0n) is 17.2. The maximum atomic E-state index is 11.4. The van der Waals surface area contributed by atoms with Crippen molar-refractivity contribution in [3.05, 3.63) is 52.9 Å². The predicted octanol–water partition coefficient (Wildman–Crippen LogP) is 5.31. The smallest absolute Gasteiger partial charge is 0.203 e. The molecule has 2 saturated carbocycles. The summed E-state index contributed by atoms with van der Waals surface area (Å²) >= 11 is 6.25. The molecule has 0 saturated heterocycles. The molecule has 152 valence electrons. The lowest BCUT2D eigenvalue weighted by Gasteiger charge is -2.44. The molecule has 2 fully saturated rings.